The molecule has 1 heterocycles. The van der Waals surface area contributed by atoms with Gasteiger partial charge in [-0.05, 0) is 31.5 Å². The zero-order chi connectivity index (χ0) is 14.0. The number of nitrogens with zero attached hydrogens (tertiary/aromatic N) is 2. The minimum atomic E-state index is -0.657. The van der Waals surface area contributed by atoms with Crippen molar-refractivity contribution in [1.29, 1.82) is 0 Å². The van der Waals surface area contributed by atoms with E-state index in [1.165, 1.54) is 6.07 Å². The van der Waals surface area contributed by atoms with Crippen LogP contribution < -0.4 is 4.90 Å². The zero-order valence-electron chi connectivity index (χ0n) is 11.2. The maximum Gasteiger partial charge on any atom is 0.146 e. The van der Waals surface area contributed by atoms with E-state index >= 15 is 0 Å². The number of anilines is 1. The highest BCUT2D eigenvalue weighted by Gasteiger charge is 2.11. The van der Waals surface area contributed by atoms with Gasteiger partial charge in [-0.2, -0.15) is 0 Å². The lowest BCUT2D eigenvalue weighted by Crippen LogP contribution is -2.18. The van der Waals surface area contributed by atoms with Gasteiger partial charge in [0.1, 0.15) is 5.82 Å². The summed E-state index contributed by atoms with van der Waals surface area (Å²) in [7, 11) is 1.83. The summed E-state index contributed by atoms with van der Waals surface area (Å²) < 4.78 is 14.0. The summed E-state index contributed by atoms with van der Waals surface area (Å²) in [5, 5.41) is 12.4. The maximum atomic E-state index is 14.0. The van der Waals surface area contributed by atoms with Crippen LogP contribution in [0.1, 0.15) is 29.3 Å². The molecule has 0 radical (unpaired) electrons. The summed E-state index contributed by atoms with van der Waals surface area (Å²) in [5.74, 6) is -0.326. The highest BCUT2D eigenvalue weighted by Crippen LogP contribution is 2.24. The van der Waals surface area contributed by atoms with Gasteiger partial charge in [-0.1, -0.05) is 6.07 Å². The van der Waals surface area contributed by atoms with Gasteiger partial charge in [-0.15, -0.1) is 11.3 Å². The van der Waals surface area contributed by atoms with Crippen molar-refractivity contribution in [3.63, 3.8) is 0 Å². The van der Waals surface area contributed by atoms with E-state index < -0.39 is 6.10 Å². The first kappa shape index (κ1) is 14.0. The molecule has 0 spiro atoms. The van der Waals surface area contributed by atoms with E-state index in [4.69, 9.17) is 0 Å². The van der Waals surface area contributed by atoms with Crippen LogP contribution in [0, 0.1) is 12.7 Å². The van der Waals surface area contributed by atoms with E-state index in [0.717, 1.165) is 10.7 Å². The molecule has 2 rings (SSSR count). The van der Waals surface area contributed by atoms with Crippen LogP contribution in [0.15, 0.2) is 23.6 Å². The van der Waals surface area contributed by atoms with E-state index in [0.29, 0.717) is 17.8 Å². The Balaban J connectivity index is 2.17. The average molecular weight is 280 g/mol. The van der Waals surface area contributed by atoms with Crippen LogP contribution in [-0.4, -0.2) is 17.1 Å². The lowest BCUT2D eigenvalue weighted by atomic mass is 10.1. The lowest BCUT2D eigenvalue weighted by molar-refractivity contribution is 0.199. The minimum Gasteiger partial charge on any atom is -0.389 e. The van der Waals surface area contributed by atoms with Crippen LogP contribution >= 0.6 is 11.3 Å². The monoisotopic (exact) mass is 280 g/mol. The Kier molecular flexibility index (Phi) is 4.17. The Bertz CT molecular complexity index is 568. The largest absolute Gasteiger partial charge is 0.389 e. The number of aromatic nitrogens is 1. The molecular weight excluding hydrogens is 263 g/mol. The van der Waals surface area contributed by atoms with Crippen molar-refractivity contribution in [2.75, 3.05) is 11.9 Å². The van der Waals surface area contributed by atoms with Crippen molar-refractivity contribution < 1.29 is 9.50 Å². The topological polar surface area (TPSA) is 36.4 Å². The summed E-state index contributed by atoms with van der Waals surface area (Å²) in [6.45, 7) is 4.14. The van der Waals surface area contributed by atoms with Crippen molar-refractivity contribution >= 4 is 17.0 Å². The normalized spacial score (nSPS) is 12.5. The number of benzene rings is 1. The van der Waals surface area contributed by atoms with Gasteiger partial charge in [0.15, 0.2) is 0 Å². The van der Waals surface area contributed by atoms with Gasteiger partial charge in [-0.3, -0.25) is 0 Å². The first-order valence-electron chi connectivity index (χ1n) is 6.07. The van der Waals surface area contributed by atoms with Crippen molar-refractivity contribution in [3.05, 3.63) is 45.7 Å². The lowest BCUT2D eigenvalue weighted by Gasteiger charge is -2.19. The molecule has 2 aromatic rings. The van der Waals surface area contributed by atoms with Gasteiger partial charge in [0, 0.05) is 12.4 Å². The average Bonchev–Trinajstić information content (AvgIpc) is 2.74. The van der Waals surface area contributed by atoms with E-state index in [-0.39, 0.29) is 5.82 Å². The molecule has 1 unspecified atom stereocenters. The summed E-state index contributed by atoms with van der Waals surface area (Å²) in [6, 6.07) is 4.81. The third-order valence-electron chi connectivity index (χ3n) is 2.93. The third-order valence-corrected chi connectivity index (χ3v) is 3.75. The summed E-state index contributed by atoms with van der Waals surface area (Å²) in [4.78, 5) is 6.18. The first-order valence-corrected chi connectivity index (χ1v) is 6.95. The third kappa shape index (κ3) is 3.30. The second-order valence-electron chi connectivity index (χ2n) is 4.60. The molecule has 1 atom stereocenters. The van der Waals surface area contributed by atoms with Crippen LogP contribution in [0.25, 0.3) is 0 Å². The molecule has 0 saturated heterocycles. The van der Waals surface area contributed by atoms with Gasteiger partial charge in [0.2, 0.25) is 0 Å². The maximum absolute atomic E-state index is 14.0. The van der Waals surface area contributed by atoms with E-state index in [1.54, 1.807) is 30.4 Å². The van der Waals surface area contributed by atoms with Crippen molar-refractivity contribution in [3.8, 4) is 0 Å². The van der Waals surface area contributed by atoms with E-state index in [1.807, 2.05) is 24.3 Å². The van der Waals surface area contributed by atoms with Crippen LogP contribution in [0.5, 0.6) is 0 Å². The number of aliphatic hydroxyl groups is 1. The fourth-order valence-corrected chi connectivity index (χ4v) is 2.51. The summed E-state index contributed by atoms with van der Waals surface area (Å²) >= 11 is 1.59. The van der Waals surface area contributed by atoms with Crippen LogP contribution in [0.2, 0.25) is 0 Å². The first-order chi connectivity index (χ1) is 8.97. The van der Waals surface area contributed by atoms with Crippen molar-refractivity contribution in [1.82, 2.24) is 4.98 Å². The van der Waals surface area contributed by atoms with Gasteiger partial charge < -0.3 is 10.0 Å². The predicted molar refractivity (Wildman–Crippen MR) is 76.0 cm³/mol. The molecule has 19 heavy (non-hydrogen) atoms. The van der Waals surface area contributed by atoms with E-state index in [2.05, 4.69) is 4.98 Å². The molecule has 0 saturated carbocycles. The zero-order valence-corrected chi connectivity index (χ0v) is 12.0. The highest BCUT2D eigenvalue weighted by atomic mass is 32.1. The number of aryl methyl sites for hydroxylation is 1. The number of aliphatic hydroxyl groups excluding tert-OH is 1. The molecule has 3 nitrogen and oxygen atoms in total. The van der Waals surface area contributed by atoms with Crippen molar-refractivity contribution in [2.24, 2.45) is 0 Å². The van der Waals surface area contributed by atoms with Crippen LogP contribution in [0.4, 0.5) is 10.1 Å². The van der Waals surface area contributed by atoms with Crippen LogP contribution in [-0.2, 0) is 6.54 Å². The summed E-state index contributed by atoms with van der Waals surface area (Å²) in [6.07, 6.45) is -0.657. The Morgan fingerprint density at radius 1 is 1.47 bits per heavy atom. The fraction of sp³-hybridized carbons (Fsp3) is 0.357. The molecule has 1 N–H and O–H groups in total. The Morgan fingerprint density at radius 2 is 2.21 bits per heavy atom. The Morgan fingerprint density at radius 3 is 2.74 bits per heavy atom. The molecule has 5 heteroatoms. The standard InChI is InChI=1S/C14H17FN2OS/c1-9(18)11-4-5-14(13(15)6-11)17(3)7-12-8-19-10(2)16-12/h4-6,8-9,18H,7H2,1-3H3. The molecule has 0 amide bonds. The molecule has 102 valence electrons. The fourth-order valence-electron chi connectivity index (χ4n) is 1.90. The highest BCUT2D eigenvalue weighted by molar-refractivity contribution is 7.09. The van der Waals surface area contributed by atoms with Crippen LogP contribution in [0.3, 0.4) is 0 Å². The SMILES string of the molecule is Cc1nc(CN(C)c2ccc(C(C)O)cc2F)cs1. The Hall–Kier alpha value is -1.46. The van der Waals surface area contributed by atoms with Crippen molar-refractivity contribution in [2.45, 2.75) is 26.5 Å². The molecule has 0 fully saturated rings. The molecule has 0 aliphatic heterocycles. The molecule has 0 bridgehead atoms. The predicted octanol–water partition coefficient (Wildman–Crippen LogP) is 3.28. The van der Waals surface area contributed by atoms with Gasteiger partial charge >= 0.3 is 0 Å². The molecular formula is C14H17FN2OS. The molecule has 1 aromatic carbocycles. The summed E-state index contributed by atoms with van der Waals surface area (Å²) in [5.41, 5.74) is 2.03. The molecule has 0 aliphatic rings. The van der Waals surface area contributed by atoms with Gasteiger partial charge in [0.25, 0.3) is 0 Å². The minimum absolute atomic E-state index is 0.326. The number of hydrogen-bond donors (Lipinski definition) is 1. The number of thiazole rings is 1. The van der Waals surface area contributed by atoms with E-state index in [9.17, 15) is 9.50 Å². The number of halogens is 1. The van der Waals surface area contributed by atoms with Gasteiger partial charge in [0.05, 0.1) is 29.0 Å². The second kappa shape index (κ2) is 5.67. The quantitative estimate of drug-likeness (QED) is 0.933. The second-order valence-corrected chi connectivity index (χ2v) is 5.66. The number of rotatable bonds is 4. The van der Waals surface area contributed by atoms with Gasteiger partial charge in [-0.25, -0.2) is 9.37 Å². The smallest absolute Gasteiger partial charge is 0.146 e. The number of hydrogen-bond acceptors (Lipinski definition) is 4. The molecule has 1 aromatic heterocycles. The molecule has 0 aliphatic carbocycles. The Labute approximate surface area is 116 Å².